The van der Waals surface area contributed by atoms with Gasteiger partial charge in [0.05, 0.1) is 18.0 Å². The zero-order valence-corrected chi connectivity index (χ0v) is 10.9. The number of nitriles is 1. The fourth-order valence-electron chi connectivity index (χ4n) is 1.51. The summed E-state index contributed by atoms with van der Waals surface area (Å²) >= 11 is 7.16. The molecule has 6 nitrogen and oxygen atoms in total. The molecule has 3 aromatic rings. The van der Waals surface area contributed by atoms with Crippen LogP contribution in [-0.2, 0) is 0 Å². The Morgan fingerprint density at radius 3 is 3.00 bits per heavy atom. The molecule has 0 fully saturated rings. The Labute approximate surface area is 116 Å². The molecule has 0 spiro atoms. The molecule has 0 bridgehead atoms. The number of nitrogens with one attached hydrogen (secondary N) is 1. The number of pyridine rings is 1. The number of H-pyrrole nitrogens is 1. The van der Waals surface area contributed by atoms with Crippen molar-refractivity contribution in [3.05, 3.63) is 35.5 Å². The molecule has 0 aliphatic carbocycles. The van der Waals surface area contributed by atoms with E-state index in [1.165, 1.54) is 24.2 Å². The Morgan fingerprint density at radius 2 is 2.16 bits per heavy atom. The van der Waals surface area contributed by atoms with Crippen LogP contribution in [0.4, 0.5) is 0 Å². The summed E-state index contributed by atoms with van der Waals surface area (Å²) in [5.41, 5.74) is 1.77. The predicted octanol–water partition coefficient (Wildman–Crippen LogP) is 2.42. The third-order valence-electron chi connectivity index (χ3n) is 2.29. The normalized spacial score (nSPS) is 10.5. The summed E-state index contributed by atoms with van der Waals surface area (Å²) in [6.45, 7) is 0. The Hall–Kier alpha value is -2.17. The second-order valence-corrected chi connectivity index (χ2v) is 4.91. The molecule has 19 heavy (non-hydrogen) atoms. The number of rotatable bonds is 2. The molecule has 1 N–H and O–H groups in total. The molecular formula is C11H5ClN6S. The van der Waals surface area contributed by atoms with Gasteiger partial charge in [-0.25, -0.2) is 19.9 Å². The van der Waals surface area contributed by atoms with Gasteiger partial charge in [0.1, 0.15) is 27.0 Å². The summed E-state index contributed by atoms with van der Waals surface area (Å²) in [4.78, 5) is 19.4. The van der Waals surface area contributed by atoms with Crippen LogP contribution in [0.5, 0.6) is 0 Å². The van der Waals surface area contributed by atoms with Gasteiger partial charge in [-0.1, -0.05) is 11.6 Å². The second kappa shape index (κ2) is 4.84. The quantitative estimate of drug-likeness (QED) is 0.575. The number of imidazole rings is 1. The van der Waals surface area contributed by atoms with Crippen LogP contribution in [0.3, 0.4) is 0 Å². The molecule has 3 rings (SSSR count). The molecular weight excluding hydrogens is 284 g/mol. The maximum absolute atomic E-state index is 8.90. The van der Waals surface area contributed by atoms with Gasteiger partial charge in [-0.05, 0) is 23.9 Å². The fraction of sp³-hybridized carbons (Fsp3) is 0. The lowest BCUT2D eigenvalue weighted by molar-refractivity contribution is 1.07. The van der Waals surface area contributed by atoms with Crippen LogP contribution in [0.2, 0.25) is 5.15 Å². The van der Waals surface area contributed by atoms with Crippen LogP contribution in [0, 0.1) is 11.3 Å². The average Bonchev–Trinajstić information content (AvgIpc) is 2.87. The van der Waals surface area contributed by atoms with Crippen molar-refractivity contribution in [3.63, 3.8) is 0 Å². The van der Waals surface area contributed by atoms with Gasteiger partial charge in [-0.15, -0.1) is 0 Å². The third-order valence-corrected chi connectivity index (χ3v) is 3.40. The lowest BCUT2D eigenvalue weighted by atomic mass is 10.3. The van der Waals surface area contributed by atoms with Crippen molar-refractivity contribution in [2.24, 2.45) is 0 Å². The predicted molar refractivity (Wildman–Crippen MR) is 69.8 cm³/mol. The van der Waals surface area contributed by atoms with E-state index in [2.05, 4.69) is 24.9 Å². The summed E-state index contributed by atoms with van der Waals surface area (Å²) < 4.78 is 0. The Bertz CT molecular complexity index is 793. The zero-order valence-electron chi connectivity index (χ0n) is 9.33. The molecule has 0 amide bonds. The highest BCUT2D eigenvalue weighted by molar-refractivity contribution is 7.99. The van der Waals surface area contributed by atoms with Gasteiger partial charge in [0.25, 0.3) is 0 Å². The molecule has 0 saturated carbocycles. The molecule has 0 atom stereocenters. The molecule has 0 unspecified atom stereocenters. The maximum atomic E-state index is 8.90. The monoisotopic (exact) mass is 288 g/mol. The summed E-state index contributed by atoms with van der Waals surface area (Å²) in [5.74, 6) is 0. The van der Waals surface area contributed by atoms with Crippen LogP contribution >= 0.6 is 23.4 Å². The summed E-state index contributed by atoms with van der Waals surface area (Å²) in [5, 5.41) is 10.5. The van der Waals surface area contributed by atoms with E-state index >= 15 is 0 Å². The van der Waals surface area contributed by atoms with E-state index in [4.69, 9.17) is 16.9 Å². The van der Waals surface area contributed by atoms with Gasteiger partial charge in [0.15, 0.2) is 5.65 Å². The van der Waals surface area contributed by atoms with Gasteiger partial charge in [0.2, 0.25) is 0 Å². The molecule has 8 heteroatoms. The third kappa shape index (κ3) is 2.36. The Balaban J connectivity index is 2.04. The first-order valence-electron chi connectivity index (χ1n) is 5.16. The lowest BCUT2D eigenvalue weighted by Gasteiger charge is -2.02. The van der Waals surface area contributed by atoms with Crippen molar-refractivity contribution < 1.29 is 0 Å². The van der Waals surface area contributed by atoms with Crippen molar-refractivity contribution in [2.45, 2.75) is 10.1 Å². The van der Waals surface area contributed by atoms with E-state index in [-0.39, 0.29) is 5.15 Å². The van der Waals surface area contributed by atoms with E-state index in [0.29, 0.717) is 21.3 Å². The fourth-order valence-corrected chi connectivity index (χ4v) is 2.65. The standard InChI is InChI=1S/C11H5ClN6S/c12-7-1-6(3-13)2-8(18-7)19-11-9-10(15-4-14-9)16-5-17-11/h1-2,4-5H,(H,14,15,16,17). The Kier molecular flexibility index (Phi) is 3.03. The van der Waals surface area contributed by atoms with Gasteiger partial charge < -0.3 is 4.98 Å². The van der Waals surface area contributed by atoms with Gasteiger partial charge >= 0.3 is 0 Å². The minimum absolute atomic E-state index is 0.275. The molecule has 0 aromatic carbocycles. The van der Waals surface area contributed by atoms with E-state index in [1.807, 2.05) is 6.07 Å². The highest BCUT2D eigenvalue weighted by atomic mass is 35.5. The van der Waals surface area contributed by atoms with E-state index < -0.39 is 0 Å². The largest absolute Gasteiger partial charge is 0.341 e. The van der Waals surface area contributed by atoms with E-state index in [1.54, 1.807) is 12.4 Å². The van der Waals surface area contributed by atoms with Crippen LogP contribution in [-0.4, -0.2) is 24.9 Å². The Morgan fingerprint density at radius 1 is 1.26 bits per heavy atom. The highest BCUT2D eigenvalue weighted by Gasteiger charge is 2.09. The average molecular weight is 289 g/mol. The van der Waals surface area contributed by atoms with E-state index in [0.717, 1.165) is 5.52 Å². The van der Waals surface area contributed by atoms with E-state index in [9.17, 15) is 0 Å². The van der Waals surface area contributed by atoms with Crippen LogP contribution < -0.4 is 0 Å². The molecule has 3 aromatic heterocycles. The number of hydrogen-bond donors (Lipinski definition) is 1. The van der Waals surface area contributed by atoms with Crippen molar-refractivity contribution in [2.75, 3.05) is 0 Å². The SMILES string of the molecule is N#Cc1cc(Cl)nc(Sc2ncnc3nc[nH]c23)c1. The first-order chi connectivity index (χ1) is 9.26. The number of aromatic nitrogens is 5. The van der Waals surface area contributed by atoms with Crippen LogP contribution in [0.1, 0.15) is 5.56 Å². The van der Waals surface area contributed by atoms with Crippen LogP contribution in [0.15, 0.2) is 34.8 Å². The van der Waals surface area contributed by atoms with Gasteiger partial charge in [-0.3, -0.25) is 0 Å². The molecule has 0 saturated heterocycles. The molecule has 92 valence electrons. The topological polar surface area (TPSA) is 91.1 Å². The van der Waals surface area contributed by atoms with Crippen molar-refractivity contribution in [1.29, 1.82) is 5.26 Å². The van der Waals surface area contributed by atoms with Crippen LogP contribution in [0.25, 0.3) is 11.2 Å². The van der Waals surface area contributed by atoms with Crippen molar-refractivity contribution >= 4 is 34.5 Å². The minimum Gasteiger partial charge on any atom is -0.341 e. The molecule has 0 radical (unpaired) electrons. The smallest absolute Gasteiger partial charge is 0.181 e. The number of fused-ring (bicyclic) bond motifs is 1. The second-order valence-electron chi connectivity index (χ2n) is 3.51. The summed E-state index contributed by atoms with van der Waals surface area (Å²) in [6.07, 6.45) is 2.98. The van der Waals surface area contributed by atoms with Gasteiger partial charge in [-0.2, -0.15) is 5.26 Å². The summed E-state index contributed by atoms with van der Waals surface area (Å²) in [7, 11) is 0. The number of nitrogens with zero attached hydrogens (tertiary/aromatic N) is 5. The lowest BCUT2D eigenvalue weighted by Crippen LogP contribution is -1.89. The first kappa shape index (κ1) is 11.9. The number of halogens is 1. The first-order valence-corrected chi connectivity index (χ1v) is 6.35. The highest BCUT2D eigenvalue weighted by Crippen LogP contribution is 2.29. The molecule has 0 aliphatic rings. The van der Waals surface area contributed by atoms with Crippen molar-refractivity contribution in [3.8, 4) is 6.07 Å². The van der Waals surface area contributed by atoms with Gasteiger partial charge in [0, 0.05) is 0 Å². The zero-order chi connectivity index (χ0) is 13.2. The van der Waals surface area contributed by atoms with Crippen molar-refractivity contribution in [1.82, 2.24) is 24.9 Å². The molecule has 3 heterocycles. The number of hydrogen-bond acceptors (Lipinski definition) is 6. The maximum Gasteiger partial charge on any atom is 0.181 e. The summed E-state index contributed by atoms with van der Waals surface area (Å²) in [6, 6.07) is 5.20. The minimum atomic E-state index is 0.275. The molecule has 0 aliphatic heterocycles. The number of aromatic amines is 1.